The van der Waals surface area contributed by atoms with E-state index in [2.05, 4.69) is 23.3 Å². The van der Waals surface area contributed by atoms with Crippen molar-refractivity contribution >= 4 is 36.3 Å². The molecule has 1 fully saturated rings. The molecule has 10 heteroatoms. The maximum absolute atomic E-state index is 13.1. The smallest absolute Gasteiger partial charge is 0.327 e. The minimum atomic E-state index is -1.20. The molecule has 1 aromatic carbocycles. The van der Waals surface area contributed by atoms with Crippen molar-refractivity contribution in [3.05, 3.63) is 35.9 Å². The maximum atomic E-state index is 13.1. The molecule has 182 valence electrons. The maximum Gasteiger partial charge on any atom is 0.327 e. The Morgan fingerprint density at radius 2 is 1.88 bits per heavy atom. The Balaban J connectivity index is 2.08. The van der Waals surface area contributed by atoms with Crippen LogP contribution in [0.15, 0.2) is 30.3 Å². The Kier molecular flexibility index (Phi) is 10.2. The van der Waals surface area contributed by atoms with Crippen LogP contribution >= 0.6 is 12.6 Å². The van der Waals surface area contributed by atoms with E-state index in [0.29, 0.717) is 32.2 Å². The highest BCUT2D eigenvalue weighted by molar-refractivity contribution is 7.80. The molecule has 1 saturated heterocycles. The van der Waals surface area contributed by atoms with Crippen molar-refractivity contribution < 1.29 is 24.3 Å². The van der Waals surface area contributed by atoms with Gasteiger partial charge in [-0.3, -0.25) is 14.4 Å². The van der Waals surface area contributed by atoms with Crippen LogP contribution < -0.4 is 16.4 Å². The number of hydrogen-bond acceptors (Lipinski definition) is 6. The molecule has 5 atom stereocenters. The minimum absolute atomic E-state index is 0.0769. The van der Waals surface area contributed by atoms with Crippen molar-refractivity contribution in [2.45, 2.75) is 63.7 Å². The van der Waals surface area contributed by atoms with Gasteiger partial charge in [0.2, 0.25) is 17.7 Å². The Labute approximate surface area is 199 Å². The first kappa shape index (κ1) is 26.7. The summed E-state index contributed by atoms with van der Waals surface area (Å²) in [5.41, 5.74) is 7.09. The first-order chi connectivity index (χ1) is 15.7. The summed E-state index contributed by atoms with van der Waals surface area (Å²) < 4.78 is 0. The average molecular weight is 479 g/mol. The molecule has 5 unspecified atom stereocenters. The monoisotopic (exact) mass is 478 g/mol. The molecule has 0 saturated carbocycles. The lowest BCUT2D eigenvalue weighted by atomic mass is 9.97. The predicted molar refractivity (Wildman–Crippen MR) is 128 cm³/mol. The zero-order valence-corrected chi connectivity index (χ0v) is 20.0. The van der Waals surface area contributed by atoms with E-state index in [1.165, 1.54) is 4.90 Å². The number of carbonyl (C=O) groups is 4. The average Bonchev–Trinajstić information content (AvgIpc) is 3.30. The number of aliphatic carboxylic acids is 1. The molecular formula is C23H34N4O5S. The number of likely N-dealkylation sites (tertiary alicyclic amines) is 1. The molecule has 0 aliphatic carbocycles. The summed E-state index contributed by atoms with van der Waals surface area (Å²) in [6.07, 6.45) is 2.08. The fraction of sp³-hybridized carbons (Fsp3) is 0.565. The third-order valence-corrected chi connectivity index (χ3v) is 6.41. The van der Waals surface area contributed by atoms with E-state index in [9.17, 15) is 24.3 Å². The van der Waals surface area contributed by atoms with Crippen LogP contribution in [-0.4, -0.2) is 70.2 Å². The number of nitrogens with two attached hydrogens (primary N) is 1. The molecule has 5 N–H and O–H groups in total. The van der Waals surface area contributed by atoms with Crippen molar-refractivity contribution in [3.8, 4) is 0 Å². The highest BCUT2D eigenvalue weighted by Crippen LogP contribution is 2.20. The lowest BCUT2D eigenvalue weighted by Crippen LogP contribution is -2.58. The second-order valence-electron chi connectivity index (χ2n) is 8.44. The van der Waals surface area contributed by atoms with E-state index < -0.39 is 42.0 Å². The molecule has 33 heavy (non-hydrogen) atoms. The van der Waals surface area contributed by atoms with Crippen LogP contribution in [-0.2, 0) is 25.6 Å². The van der Waals surface area contributed by atoms with Crippen LogP contribution in [0.2, 0.25) is 0 Å². The molecule has 0 spiro atoms. The molecule has 0 aromatic heterocycles. The number of benzene rings is 1. The Bertz CT molecular complexity index is 837. The Hall–Kier alpha value is -2.59. The SMILES string of the molecule is CCC(C)C(NC(=O)C1CCCN1C(=O)C(N)Cc1ccccc1)C(=O)NC(CS)C(=O)O. The molecule has 9 nitrogen and oxygen atoms in total. The number of nitrogens with one attached hydrogen (secondary N) is 2. The van der Waals surface area contributed by atoms with Gasteiger partial charge >= 0.3 is 5.97 Å². The lowest BCUT2D eigenvalue weighted by Gasteiger charge is -2.30. The van der Waals surface area contributed by atoms with Gasteiger partial charge in [-0.2, -0.15) is 12.6 Å². The van der Waals surface area contributed by atoms with E-state index in [4.69, 9.17) is 5.73 Å². The number of amides is 3. The molecule has 2 rings (SSSR count). The van der Waals surface area contributed by atoms with Crippen LogP contribution in [0.4, 0.5) is 0 Å². The summed E-state index contributed by atoms with van der Waals surface area (Å²) in [6.45, 7) is 4.09. The van der Waals surface area contributed by atoms with Crippen molar-refractivity contribution in [1.82, 2.24) is 15.5 Å². The highest BCUT2D eigenvalue weighted by Gasteiger charge is 2.38. The van der Waals surface area contributed by atoms with Crippen LogP contribution in [0.3, 0.4) is 0 Å². The highest BCUT2D eigenvalue weighted by atomic mass is 32.1. The lowest BCUT2D eigenvalue weighted by molar-refractivity contribution is -0.143. The van der Waals surface area contributed by atoms with Gasteiger partial charge in [-0.25, -0.2) is 4.79 Å². The van der Waals surface area contributed by atoms with Crippen molar-refractivity contribution in [1.29, 1.82) is 0 Å². The number of carboxylic acids is 1. The zero-order valence-electron chi connectivity index (χ0n) is 19.1. The first-order valence-electron chi connectivity index (χ1n) is 11.2. The van der Waals surface area contributed by atoms with Crippen molar-refractivity contribution in [2.24, 2.45) is 11.7 Å². The van der Waals surface area contributed by atoms with Gasteiger partial charge in [0.05, 0.1) is 6.04 Å². The summed E-state index contributed by atoms with van der Waals surface area (Å²) in [5, 5.41) is 14.4. The zero-order chi connectivity index (χ0) is 24.5. The minimum Gasteiger partial charge on any atom is -0.480 e. The number of rotatable bonds is 11. The molecule has 1 aliphatic rings. The third kappa shape index (κ3) is 7.20. The summed E-state index contributed by atoms with van der Waals surface area (Å²) in [6, 6.07) is 5.83. The summed E-state index contributed by atoms with van der Waals surface area (Å²) in [7, 11) is 0. The van der Waals surface area contributed by atoms with Crippen molar-refractivity contribution in [3.63, 3.8) is 0 Å². The summed E-state index contributed by atoms with van der Waals surface area (Å²) in [4.78, 5) is 51.6. The van der Waals surface area contributed by atoms with Gasteiger partial charge in [0.1, 0.15) is 18.1 Å². The number of hydrogen-bond donors (Lipinski definition) is 5. The van der Waals surface area contributed by atoms with Gasteiger partial charge in [0.25, 0.3) is 0 Å². The van der Waals surface area contributed by atoms with Gasteiger partial charge in [-0.1, -0.05) is 50.6 Å². The van der Waals surface area contributed by atoms with Gasteiger partial charge in [-0.05, 0) is 30.7 Å². The van der Waals surface area contributed by atoms with Gasteiger partial charge in [0.15, 0.2) is 0 Å². The van der Waals surface area contributed by atoms with Crippen molar-refractivity contribution in [2.75, 3.05) is 12.3 Å². The Morgan fingerprint density at radius 3 is 2.45 bits per heavy atom. The normalized spacial score (nSPS) is 19.3. The topological polar surface area (TPSA) is 142 Å². The second kappa shape index (κ2) is 12.6. The van der Waals surface area contributed by atoms with Gasteiger partial charge in [-0.15, -0.1) is 0 Å². The van der Waals surface area contributed by atoms with Crippen LogP contribution in [0, 0.1) is 5.92 Å². The number of carboxylic acid groups (broad SMARTS) is 1. The fourth-order valence-electron chi connectivity index (χ4n) is 3.87. The van der Waals surface area contributed by atoms with Crippen LogP contribution in [0.25, 0.3) is 0 Å². The van der Waals surface area contributed by atoms with E-state index in [1.54, 1.807) is 6.92 Å². The van der Waals surface area contributed by atoms with Crippen LogP contribution in [0.1, 0.15) is 38.7 Å². The molecule has 3 amide bonds. The first-order valence-corrected chi connectivity index (χ1v) is 11.9. The number of thiol groups is 1. The second-order valence-corrected chi connectivity index (χ2v) is 8.80. The van der Waals surface area contributed by atoms with E-state index >= 15 is 0 Å². The predicted octanol–water partition coefficient (Wildman–Crippen LogP) is 0.578. The quantitative estimate of drug-likeness (QED) is 0.295. The molecule has 1 heterocycles. The van der Waals surface area contributed by atoms with E-state index in [1.807, 2.05) is 37.3 Å². The summed E-state index contributed by atoms with van der Waals surface area (Å²) >= 11 is 3.96. The third-order valence-electron chi connectivity index (χ3n) is 6.04. The Morgan fingerprint density at radius 1 is 1.21 bits per heavy atom. The van der Waals surface area contributed by atoms with Crippen LogP contribution in [0.5, 0.6) is 0 Å². The fourth-order valence-corrected chi connectivity index (χ4v) is 4.12. The van der Waals surface area contributed by atoms with Gasteiger partial charge in [0, 0.05) is 12.3 Å². The number of carbonyl (C=O) groups excluding carboxylic acids is 3. The summed E-state index contributed by atoms with van der Waals surface area (Å²) in [5.74, 6) is -2.85. The van der Waals surface area contributed by atoms with E-state index in [0.717, 1.165) is 5.56 Å². The number of nitrogens with zero attached hydrogens (tertiary/aromatic N) is 1. The molecule has 1 aromatic rings. The molecule has 1 aliphatic heterocycles. The van der Waals surface area contributed by atoms with E-state index in [-0.39, 0.29) is 17.6 Å². The standard InChI is InChI=1S/C23H34N4O5S/c1-3-14(2)19(21(29)25-17(13-33)23(31)32)26-20(28)18-10-7-11-27(18)22(30)16(24)12-15-8-5-4-6-9-15/h4-6,8-9,14,16-19,33H,3,7,10-13,24H2,1-2H3,(H,25,29)(H,26,28)(H,31,32). The molecule has 0 radical (unpaired) electrons. The molecule has 0 bridgehead atoms. The molecular weight excluding hydrogens is 444 g/mol. The van der Waals surface area contributed by atoms with Gasteiger partial charge < -0.3 is 26.4 Å². The largest absolute Gasteiger partial charge is 0.480 e.